The van der Waals surface area contributed by atoms with Gasteiger partial charge in [-0.15, -0.1) is 0 Å². The molecule has 0 aliphatic rings. The number of nitrogens with zero attached hydrogens (tertiary/aromatic N) is 1. The summed E-state index contributed by atoms with van der Waals surface area (Å²) in [5, 5.41) is 4.82. The third kappa shape index (κ3) is 2.88. The van der Waals surface area contributed by atoms with Gasteiger partial charge in [-0.3, -0.25) is 0 Å². The lowest BCUT2D eigenvalue weighted by molar-refractivity contribution is 0.436. The molecule has 0 saturated heterocycles. The van der Waals surface area contributed by atoms with Gasteiger partial charge in [0.1, 0.15) is 0 Å². The number of rotatable bonds is 2. The molecule has 1 heterocycles. The zero-order chi connectivity index (χ0) is 15.0. The predicted octanol–water partition coefficient (Wildman–Crippen LogP) is 5.50. The van der Waals surface area contributed by atoms with Gasteiger partial charge in [-0.1, -0.05) is 46.6 Å². The average molecular weight is 431 g/mol. The third-order valence-electron chi connectivity index (χ3n) is 3.03. The minimum absolute atomic E-state index is 0.321. The largest absolute Gasteiger partial charge is 0.380 e. The van der Waals surface area contributed by atoms with Crippen LogP contribution in [0, 0.1) is 3.57 Å². The normalized spacial score (nSPS) is 10.8. The predicted molar refractivity (Wildman–Crippen MR) is 94.5 cm³/mol. The van der Waals surface area contributed by atoms with Crippen LogP contribution in [0.5, 0.6) is 0 Å². The quantitative estimate of drug-likeness (QED) is 0.546. The van der Waals surface area contributed by atoms with Gasteiger partial charge in [-0.2, -0.15) is 0 Å². The highest BCUT2D eigenvalue weighted by Gasteiger charge is 2.18. The SMILES string of the molecule is Nc1noc(-c2ccc(I)cc2)c1-c1ccc(Cl)c(Cl)c1. The topological polar surface area (TPSA) is 52.0 Å². The van der Waals surface area contributed by atoms with Crippen LogP contribution in [0.3, 0.4) is 0 Å². The van der Waals surface area contributed by atoms with E-state index in [-0.39, 0.29) is 0 Å². The highest BCUT2D eigenvalue weighted by molar-refractivity contribution is 14.1. The second kappa shape index (κ2) is 5.87. The Morgan fingerprint density at radius 1 is 0.952 bits per heavy atom. The first-order valence-electron chi connectivity index (χ1n) is 6.03. The molecular formula is C15H9Cl2IN2O. The number of hydrogen-bond donors (Lipinski definition) is 1. The van der Waals surface area contributed by atoms with E-state index in [1.807, 2.05) is 30.3 Å². The van der Waals surface area contributed by atoms with E-state index in [0.717, 1.165) is 20.3 Å². The van der Waals surface area contributed by atoms with Gasteiger partial charge in [0.05, 0.1) is 15.6 Å². The van der Waals surface area contributed by atoms with Crippen LogP contribution < -0.4 is 5.73 Å². The summed E-state index contributed by atoms with van der Waals surface area (Å²) in [6, 6.07) is 13.2. The molecule has 0 radical (unpaired) electrons. The molecule has 2 N–H and O–H groups in total. The number of benzene rings is 2. The fraction of sp³-hybridized carbons (Fsp3) is 0. The van der Waals surface area contributed by atoms with Gasteiger partial charge < -0.3 is 10.3 Å². The summed E-state index contributed by atoms with van der Waals surface area (Å²) in [7, 11) is 0. The molecule has 1 aromatic heterocycles. The molecule has 0 bridgehead atoms. The first kappa shape index (κ1) is 14.7. The van der Waals surface area contributed by atoms with E-state index in [4.69, 9.17) is 33.5 Å². The van der Waals surface area contributed by atoms with E-state index in [1.54, 1.807) is 12.1 Å². The van der Waals surface area contributed by atoms with E-state index in [1.165, 1.54) is 0 Å². The van der Waals surface area contributed by atoms with Crippen molar-refractivity contribution in [3.05, 3.63) is 56.1 Å². The fourth-order valence-corrected chi connectivity index (χ4v) is 2.69. The Kier molecular flexibility index (Phi) is 4.10. The Bertz CT molecular complexity index is 800. The molecule has 6 heteroatoms. The summed E-state index contributed by atoms with van der Waals surface area (Å²) in [5.74, 6) is 0.934. The summed E-state index contributed by atoms with van der Waals surface area (Å²) < 4.78 is 6.53. The Morgan fingerprint density at radius 2 is 1.62 bits per heavy atom. The van der Waals surface area contributed by atoms with Crippen LogP contribution >= 0.6 is 45.8 Å². The van der Waals surface area contributed by atoms with Crippen molar-refractivity contribution in [3.63, 3.8) is 0 Å². The average Bonchev–Trinajstić information content (AvgIpc) is 2.85. The fourth-order valence-electron chi connectivity index (χ4n) is 2.03. The number of nitrogens with two attached hydrogens (primary N) is 1. The van der Waals surface area contributed by atoms with Crippen molar-refractivity contribution in [2.45, 2.75) is 0 Å². The maximum Gasteiger partial charge on any atom is 0.176 e. The standard InChI is InChI=1S/C15H9Cl2IN2O/c16-11-6-3-9(7-12(11)17)13-14(21-20-15(13)19)8-1-4-10(18)5-2-8/h1-7H,(H2,19,20). The molecule has 0 fully saturated rings. The first-order valence-corrected chi connectivity index (χ1v) is 7.86. The van der Waals surface area contributed by atoms with Crippen LogP contribution in [0.4, 0.5) is 5.82 Å². The van der Waals surface area contributed by atoms with Crippen LogP contribution in [0.25, 0.3) is 22.5 Å². The Hall–Kier alpha value is -1.24. The zero-order valence-corrected chi connectivity index (χ0v) is 14.3. The molecular weight excluding hydrogens is 422 g/mol. The van der Waals surface area contributed by atoms with Gasteiger partial charge in [-0.05, 0) is 52.4 Å². The number of anilines is 1. The van der Waals surface area contributed by atoms with Crippen LogP contribution in [0.15, 0.2) is 47.0 Å². The number of hydrogen-bond acceptors (Lipinski definition) is 3. The molecule has 3 nitrogen and oxygen atoms in total. The Labute approximate surface area is 145 Å². The lowest BCUT2D eigenvalue weighted by atomic mass is 10.0. The maximum atomic E-state index is 6.08. The van der Waals surface area contributed by atoms with Crippen molar-refractivity contribution >= 4 is 51.6 Å². The summed E-state index contributed by atoms with van der Waals surface area (Å²) >= 11 is 14.3. The van der Waals surface area contributed by atoms with Gasteiger partial charge >= 0.3 is 0 Å². The van der Waals surface area contributed by atoms with E-state index in [0.29, 0.717) is 21.6 Å². The molecule has 106 valence electrons. The van der Waals surface area contributed by atoms with Crippen molar-refractivity contribution in [1.82, 2.24) is 5.16 Å². The third-order valence-corrected chi connectivity index (χ3v) is 4.49. The highest BCUT2D eigenvalue weighted by atomic mass is 127. The molecule has 0 amide bonds. The van der Waals surface area contributed by atoms with E-state index < -0.39 is 0 Å². The number of nitrogen functional groups attached to an aromatic ring is 1. The molecule has 21 heavy (non-hydrogen) atoms. The number of halogens is 3. The van der Waals surface area contributed by atoms with Crippen molar-refractivity contribution in [2.24, 2.45) is 0 Å². The molecule has 3 rings (SSSR count). The Morgan fingerprint density at radius 3 is 2.29 bits per heavy atom. The molecule has 0 unspecified atom stereocenters. The van der Waals surface area contributed by atoms with Gasteiger partial charge in [0.15, 0.2) is 11.6 Å². The molecule has 0 spiro atoms. The summed E-state index contributed by atoms with van der Waals surface area (Å²) in [4.78, 5) is 0. The van der Waals surface area contributed by atoms with Crippen LogP contribution in [0.1, 0.15) is 0 Å². The van der Waals surface area contributed by atoms with Crippen molar-refractivity contribution < 1.29 is 4.52 Å². The van der Waals surface area contributed by atoms with Crippen molar-refractivity contribution in [2.75, 3.05) is 5.73 Å². The van der Waals surface area contributed by atoms with Gasteiger partial charge in [0.2, 0.25) is 0 Å². The van der Waals surface area contributed by atoms with Crippen LogP contribution in [0.2, 0.25) is 10.0 Å². The molecule has 0 atom stereocenters. The minimum atomic E-state index is 0.321. The summed E-state index contributed by atoms with van der Waals surface area (Å²) in [5.41, 5.74) is 8.38. The monoisotopic (exact) mass is 430 g/mol. The molecule has 0 aliphatic carbocycles. The lowest BCUT2D eigenvalue weighted by Crippen LogP contribution is -1.89. The summed E-state index contributed by atoms with van der Waals surface area (Å²) in [6.45, 7) is 0. The highest BCUT2D eigenvalue weighted by Crippen LogP contribution is 2.38. The maximum absolute atomic E-state index is 6.08. The first-order chi connectivity index (χ1) is 10.1. The minimum Gasteiger partial charge on any atom is -0.380 e. The molecule has 0 aliphatic heterocycles. The van der Waals surface area contributed by atoms with Crippen molar-refractivity contribution in [1.29, 1.82) is 0 Å². The lowest BCUT2D eigenvalue weighted by Gasteiger charge is -2.04. The van der Waals surface area contributed by atoms with Gasteiger partial charge in [0, 0.05) is 9.13 Å². The zero-order valence-electron chi connectivity index (χ0n) is 10.6. The molecule has 0 saturated carbocycles. The van der Waals surface area contributed by atoms with Crippen LogP contribution in [-0.4, -0.2) is 5.16 Å². The second-order valence-corrected chi connectivity index (χ2v) is 6.47. The van der Waals surface area contributed by atoms with Gasteiger partial charge in [-0.25, -0.2) is 0 Å². The summed E-state index contributed by atoms with van der Waals surface area (Å²) in [6.07, 6.45) is 0. The van der Waals surface area contributed by atoms with Gasteiger partial charge in [0.25, 0.3) is 0 Å². The molecule has 2 aromatic carbocycles. The second-order valence-electron chi connectivity index (χ2n) is 4.41. The molecule has 3 aromatic rings. The van der Waals surface area contributed by atoms with Crippen LogP contribution in [-0.2, 0) is 0 Å². The Balaban J connectivity index is 2.16. The van der Waals surface area contributed by atoms with E-state index >= 15 is 0 Å². The number of aromatic nitrogens is 1. The smallest absolute Gasteiger partial charge is 0.176 e. The van der Waals surface area contributed by atoms with Crippen molar-refractivity contribution in [3.8, 4) is 22.5 Å². The van der Waals surface area contributed by atoms with E-state index in [9.17, 15) is 0 Å². The van der Waals surface area contributed by atoms with E-state index in [2.05, 4.69) is 27.7 Å².